The van der Waals surface area contributed by atoms with Crippen molar-refractivity contribution in [2.45, 2.75) is 39.3 Å². The van der Waals surface area contributed by atoms with Gasteiger partial charge < -0.3 is 19.7 Å². The van der Waals surface area contributed by atoms with E-state index in [0.29, 0.717) is 29.5 Å². The fourth-order valence-electron chi connectivity index (χ4n) is 3.07. The van der Waals surface area contributed by atoms with E-state index in [1.807, 2.05) is 38.1 Å². The van der Waals surface area contributed by atoms with Crippen molar-refractivity contribution in [1.82, 2.24) is 10.2 Å². The Bertz CT molecular complexity index is 894. The predicted molar refractivity (Wildman–Crippen MR) is 126 cm³/mol. The molecule has 1 unspecified atom stereocenters. The lowest BCUT2D eigenvalue weighted by Crippen LogP contribution is -2.50. The number of rotatable bonds is 11. The van der Waals surface area contributed by atoms with Crippen LogP contribution in [0.5, 0.6) is 11.5 Å². The molecule has 6 nitrogen and oxygen atoms in total. The molecule has 1 N–H and O–H groups in total. The number of nitrogens with zero attached hydrogens (tertiary/aromatic N) is 1. The predicted octanol–water partition coefficient (Wildman–Crippen LogP) is 4.82. The van der Waals surface area contributed by atoms with Gasteiger partial charge in [0.2, 0.25) is 5.91 Å². The van der Waals surface area contributed by atoms with E-state index in [1.54, 1.807) is 30.2 Å². The van der Waals surface area contributed by atoms with Crippen LogP contribution in [0, 0.1) is 0 Å². The number of benzene rings is 2. The van der Waals surface area contributed by atoms with Gasteiger partial charge in [0.25, 0.3) is 5.91 Å². The maximum absolute atomic E-state index is 13.2. The van der Waals surface area contributed by atoms with E-state index in [9.17, 15) is 9.59 Å². The topological polar surface area (TPSA) is 67.9 Å². The number of ether oxygens (including phenoxy) is 2. The molecule has 2 rings (SSSR count). The van der Waals surface area contributed by atoms with Crippen molar-refractivity contribution in [3.8, 4) is 11.5 Å². The Labute approximate surface area is 197 Å². The Morgan fingerprint density at radius 2 is 1.97 bits per heavy atom. The summed E-state index contributed by atoms with van der Waals surface area (Å²) in [6.45, 7) is 4.45. The van der Waals surface area contributed by atoms with Crippen LogP contribution in [0.15, 0.2) is 46.9 Å². The SMILES string of the molecule is CCCNC(=O)C(CC)N(Cc1cccc(OC)c1)C(=O)COc1ccc(Br)cc1Cl. The van der Waals surface area contributed by atoms with Crippen LogP contribution >= 0.6 is 27.5 Å². The lowest BCUT2D eigenvalue weighted by Gasteiger charge is -2.30. The maximum atomic E-state index is 13.2. The zero-order chi connectivity index (χ0) is 22.8. The van der Waals surface area contributed by atoms with Crippen molar-refractivity contribution in [3.05, 3.63) is 57.5 Å². The maximum Gasteiger partial charge on any atom is 0.261 e. The van der Waals surface area contributed by atoms with E-state index in [-0.39, 0.29) is 25.0 Å². The highest BCUT2D eigenvalue weighted by Crippen LogP contribution is 2.28. The van der Waals surface area contributed by atoms with E-state index in [0.717, 1.165) is 16.5 Å². The Morgan fingerprint density at radius 3 is 2.61 bits per heavy atom. The smallest absolute Gasteiger partial charge is 0.261 e. The summed E-state index contributed by atoms with van der Waals surface area (Å²) in [5, 5.41) is 3.29. The molecule has 168 valence electrons. The highest BCUT2D eigenvalue weighted by atomic mass is 79.9. The van der Waals surface area contributed by atoms with Gasteiger partial charge in [0, 0.05) is 17.6 Å². The molecule has 0 aliphatic rings. The van der Waals surface area contributed by atoms with Gasteiger partial charge in [-0.3, -0.25) is 9.59 Å². The monoisotopic (exact) mass is 510 g/mol. The summed E-state index contributed by atoms with van der Waals surface area (Å²) in [4.78, 5) is 27.5. The number of hydrogen-bond donors (Lipinski definition) is 1. The molecule has 2 aromatic rings. The number of halogens is 2. The average Bonchev–Trinajstić information content (AvgIpc) is 2.76. The fraction of sp³-hybridized carbons (Fsp3) is 0.391. The van der Waals surface area contributed by atoms with E-state index < -0.39 is 6.04 Å². The van der Waals surface area contributed by atoms with Crippen molar-refractivity contribution in [2.75, 3.05) is 20.3 Å². The Balaban J connectivity index is 2.23. The molecule has 2 amide bonds. The second-order valence-corrected chi connectivity index (χ2v) is 8.27. The van der Waals surface area contributed by atoms with E-state index in [4.69, 9.17) is 21.1 Å². The van der Waals surface area contributed by atoms with Crippen molar-refractivity contribution in [3.63, 3.8) is 0 Å². The van der Waals surface area contributed by atoms with Gasteiger partial charge >= 0.3 is 0 Å². The molecule has 0 spiro atoms. The number of methoxy groups -OCH3 is 1. The van der Waals surface area contributed by atoms with Gasteiger partial charge in [-0.25, -0.2) is 0 Å². The first-order valence-electron chi connectivity index (χ1n) is 10.2. The molecule has 0 radical (unpaired) electrons. The van der Waals surface area contributed by atoms with Crippen LogP contribution in [0.4, 0.5) is 0 Å². The Kier molecular flexibility index (Phi) is 10.1. The summed E-state index contributed by atoms with van der Waals surface area (Å²) in [7, 11) is 1.59. The number of amides is 2. The third-order valence-electron chi connectivity index (χ3n) is 4.67. The lowest BCUT2D eigenvalue weighted by atomic mass is 10.1. The second kappa shape index (κ2) is 12.6. The molecule has 0 saturated heterocycles. The highest BCUT2D eigenvalue weighted by molar-refractivity contribution is 9.10. The summed E-state index contributed by atoms with van der Waals surface area (Å²) in [5.41, 5.74) is 0.858. The summed E-state index contributed by atoms with van der Waals surface area (Å²) in [6, 6.07) is 12.0. The third kappa shape index (κ3) is 7.43. The van der Waals surface area contributed by atoms with Crippen LogP contribution in [0.1, 0.15) is 32.3 Å². The molecule has 0 fully saturated rings. The third-order valence-corrected chi connectivity index (χ3v) is 5.46. The quantitative estimate of drug-likeness (QED) is 0.469. The van der Waals surface area contributed by atoms with E-state index >= 15 is 0 Å². The molecule has 0 aliphatic carbocycles. The van der Waals surface area contributed by atoms with Gasteiger partial charge in [0.1, 0.15) is 17.5 Å². The fourth-order valence-corrected chi connectivity index (χ4v) is 3.80. The zero-order valence-electron chi connectivity index (χ0n) is 18.0. The summed E-state index contributed by atoms with van der Waals surface area (Å²) in [6.07, 6.45) is 1.29. The first-order valence-corrected chi connectivity index (χ1v) is 11.3. The van der Waals surface area contributed by atoms with Crippen molar-refractivity contribution in [1.29, 1.82) is 0 Å². The largest absolute Gasteiger partial charge is 0.497 e. The number of carbonyl (C=O) groups is 2. The van der Waals surface area contributed by atoms with Gasteiger partial charge in [-0.2, -0.15) is 0 Å². The number of hydrogen-bond acceptors (Lipinski definition) is 4. The van der Waals surface area contributed by atoms with Crippen LogP contribution in [-0.2, 0) is 16.1 Å². The van der Waals surface area contributed by atoms with Gasteiger partial charge in [0.05, 0.1) is 12.1 Å². The van der Waals surface area contributed by atoms with Crippen LogP contribution in [0.2, 0.25) is 5.02 Å². The molecular weight excluding hydrogens is 484 g/mol. The van der Waals surface area contributed by atoms with E-state index in [2.05, 4.69) is 21.2 Å². The van der Waals surface area contributed by atoms with Gasteiger partial charge in [-0.05, 0) is 48.7 Å². The lowest BCUT2D eigenvalue weighted by molar-refractivity contribution is -0.143. The minimum absolute atomic E-state index is 0.178. The minimum Gasteiger partial charge on any atom is -0.497 e. The molecule has 0 heterocycles. The Hall–Kier alpha value is -2.25. The molecule has 2 aromatic carbocycles. The highest BCUT2D eigenvalue weighted by Gasteiger charge is 2.29. The van der Waals surface area contributed by atoms with Crippen LogP contribution < -0.4 is 14.8 Å². The molecule has 0 aliphatic heterocycles. The van der Waals surface area contributed by atoms with Crippen molar-refractivity contribution < 1.29 is 19.1 Å². The van der Waals surface area contributed by atoms with Gasteiger partial charge in [-0.15, -0.1) is 0 Å². The molecular formula is C23H28BrClN2O4. The summed E-state index contributed by atoms with van der Waals surface area (Å²) >= 11 is 9.54. The van der Waals surface area contributed by atoms with E-state index in [1.165, 1.54) is 0 Å². The summed E-state index contributed by atoms with van der Waals surface area (Å²) < 4.78 is 11.8. The number of carbonyl (C=O) groups excluding carboxylic acids is 2. The zero-order valence-corrected chi connectivity index (χ0v) is 20.3. The van der Waals surface area contributed by atoms with Crippen molar-refractivity contribution >= 4 is 39.3 Å². The molecule has 8 heteroatoms. The normalized spacial score (nSPS) is 11.5. The van der Waals surface area contributed by atoms with Gasteiger partial charge in [0.15, 0.2) is 6.61 Å². The average molecular weight is 512 g/mol. The second-order valence-electron chi connectivity index (χ2n) is 6.95. The van der Waals surface area contributed by atoms with Crippen LogP contribution in [0.3, 0.4) is 0 Å². The molecule has 1 atom stereocenters. The van der Waals surface area contributed by atoms with Crippen LogP contribution in [-0.4, -0.2) is 43.0 Å². The molecule has 31 heavy (non-hydrogen) atoms. The van der Waals surface area contributed by atoms with Gasteiger partial charge in [-0.1, -0.05) is 53.5 Å². The first kappa shape index (κ1) is 25.0. The minimum atomic E-state index is -0.616. The standard InChI is InChI=1S/C23H28BrClN2O4/c1-4-11-26-23(29)20(5-2)27(14-16-7-6-8-18(12-16)30-3)22(28)15-31-21-10-9-17(24)13-19(21)25/h6-10,12-13,20H,4-5,11,14-15H2,1-3H3,(H,26,29). The molecule has 0 aromatic heterocycles. The summed E-state index contributed by atoms with van der Waals surface area (Å²) in [5.74, 6) is 0.608. The molecule has 0 saturated carbocycles. The van der Waals surface area contributed by atoms with Crippen molar-refractivity contribution in [2.24, 2.45) is 0 Å². The Morgan fingerprint density at radius 1 is 1.19 bits per heavy atom. The number of nitrogens with one attached hydrogen (secondary N) is 1. The molecule has 0 bridgehead atoms. The first-order chi connectivity index (χ1) is 14.9. The van der Waals surface area contributed by atoms with Crippen LogP contribution in [0.25, 0.3) is 0 Å².